The van der Waals surface area contributed by atoms with Crippen LogP contribution in [0.3, 0.4) is 0 Å². The van der Waals surface area contributed by atoms with E-state index < -0.39 is 15.9 Å². The molecule has 2 aliphatic rings. The summed E-state index contributed by atoms with van der Waals surface area (Å²) in [5.74, 6) is 0.583. The van der Waals surface area contributed by atoms with Crippen LogP contribution in [0.15, 0.2) is 65.7 Å². The highest BCUT2D eigenvalue weighted by Crippen LogP contribution is 2.38. The second kappa shape index (κ2) is 10.8. The summed E-state index contributed by atoms with van der Waals surface area (Å²) in [5, 5.41) is 4.84. The highest BCUT2D eigenvalue weighted by Gasteiger charge is 2.42. The van der Waals surface area contributed by atoms with Gasteiger partial charge in [-0.15, -0.1) is 0 Å². The topological polar surface area (TPSA) is 81.5 Å². The van der Waals surface area contributed by atoms with Gasteiger partial charge >= 0.3 is 0 Å². The number of nitrogens with zero attached hydrogens (tertiary/aromatic N) is 3. The highest BCUT2D eigenvalue weighted by atomic mass is 32.2. The van der Waals surface area contributed by atoms with E-state index in [2.05, 4.69) is 6.92 Å². The predicted octanol–water partition coefficient (Wildman–Crippen LogP) is 5.11. The first kappa shape index (κ1) is 25.7. The average molecular weight is 554 g/mol. The summed E-state index contributed by atoms with van der Waals surface area (Å²) in [5.41, 5.74) is 3.27. The van der Waals surface area contributed by atoms with E-state index in [4.69, 9.17) is 22.1 Å². The molecule has 0 spiro atoms. The minimum Gasteiger partial charge on any atom is -0.494 e. The number of ether oxygens (including phenoxy) is 1. The molecule has 1 amide bonds. The quantitative estimate of drug-likeness (QED) is 0.218. The van der Waals surface area contributed by atoms with Crippen LogP contribution in [0.25, 0.3) is 23.0 Å². The maximum absolute atomic E-state index is 13.3. The molecule has 5 rings (SSSR count). The number of carbonyl (C=O) groups excluding carboxylic acids is 1. The minimum absolute atomic E-state index is 0.0451. The normalized spacial score (nSPS) is 20.2. The fourth-order valence-corrected chi connectivity index (χ4v) is 7.48. The van der Waals surface area contributed by atoms with Crippen LogP contribution < -0.4 is 4.74 Å². The lowest BCUT2D eigenvalue weighted by atomic mass is 10.1. The molecule has 192 valence electrons. The molecule has 0 N–H and O–H groups in total. The molecule has 0 radical (unpaired) electrons. The van der Waals surface area contributed by atoms with Crippen molar-refractivity contribution in [1.29, 1.82) is 0 Å². The summed E-state index contributed by atoms with van der Waals surface area (Å²) < 4.78 is 32.0. The summed E-state index contributed by atoms with van der Waals surface area (Å²) in [6, 6.07) is 17.1. The van der Waals surface area contributed by atoms with Crippen LogP contribution in [0.2, 0.25) is 0 Å². The third-order valence-corrected chi connectivity index (χ3v) is 9.42. The van der Waals surface area contributed by atoms with Gasteiger partial charge in [-0.05, 0) is 55.3 Å². The van der Waals surface area contributed by atoms with Crippen molar-refractivity contribution in [3.63, 3.8) is 0 Å². The predicted molar refractivity (Wildman–Crippen MR) is 151 cm³/mol. The van der Waals surface area contributed by atoms with E-state index >= 15 is 0 Å². The van der Waals surface area contributed by atoms with Gasteiger partial charge in [0.05, 0.1) is 40.4 Å². The molecule has 3 aromatic rings. The molecule has 2 aliphatic heterocycles. The maximum Gasteiger partial charge on any atom is 0.266 e. The first-order valence-corrected chi connectivity index (χ1v) is 15.2. The molecule has 3 heterocycles. The Balaban J connectivity index is 1.48. The number of hydrogen-bond donors (Lipinski definition) is 0. The van der Waals surface area contributed by atoms with Crippen molar-refractivity contribution in [2.45, 2.75) is 32.2 Å². The summed E-state index contributed by atoms with van der Waals surface area (Å²) in [7, 11) is -3.14. The molecule has 10 heteroatoms. The number of para-hydroxylation sites is 1. The molecule has 0 unspecified atom stereocenters. The first-order chi connectivity index (χ1) is 17.8. The SMILES string of the molecule is CCCCOc1ccc(-c2nn(-c3ccccc3)cc2/C=C2\SC(=S)N([C@@H]3CCS(=O)(=O)C3)C2=O)cc1. The lowest BCUT2D eigenvalue weighted by molar-refractivity contribution is -0.123. The van der Waals surface area contributed by atoms with E-state index in [0.717, 1.165) is 41.1 Å². The van der Waals surface area contributed by atoms with Gasteiger partial charge in [0.1, 0.15) is 10.1 Å². The van der Waals surface area contributed by atoms with Crippen molar-refractivity contribution in [2.24, 2.45) is 0 Å². The average Bonchev–Trinajstić information content (AvgIpc) is 3.55. The molecule has 0 bridgehead atoms. The fourth-order valence-electron chi connectivity index (χ4n) is 4.39. The third kappa shape index (κ3) is 5.66. The van der Waals surface area contributed by atoms with Gasteiger partial charge in [-0.2, -0.15) is 5.10 Å². The Kier molecular flexibility index (Phi) is 7.50. The van der Waals surface area contributed by atoms with Gasteiger partial charge in [0.25, 0.3) is 5.91 Å². The number of thioether (sulfide) groups is 1. The fraction of sp³-hybridized carbons (Fsp3) is 0.296. The molecule has 0 aliphatic carbocycles. The molecular weight excluding hydrogens is 527 g/mol. The summed E-state index contributed by atoms with van der Waals surface area (Å²) in [6.07, 6.45) is 6.17. The lowest BCUT2D eigenvalue weighted by Gasteiger charge is -2.20. The standard InChI is InChI=1S/C27H27N3O4S3/c1-2-3-14-34-23-11-9-19(10-12-23)25-20(17-29(28-25)21-7-5-4-6-8-21)16-24-26(31)30(27(35)36-24)22-13-15-37(32,33)18-22/h4-12,16-17,22H,2-3,13-15,18H2,1H3/b24-16-/t22-/m1/s1. The Morgan fingerprint density at radius 1 is 1.16 bits per heavy atom. The van der Waals surface area contributed by atoms with E-state index in [9.17, 15) is 13.2 Å². The van der Waals surface area contributed by atoms with Crippen molar-refractivity contribution >= 4 is 50.1 Å². The molecule has 2 saturated heterocycles. The number of unbranched alkanes of at least 4 members (excludes halogenated alkanes) is 1. The Labute approximate surface area is 226 Å². The van der Waals surface area contributed by atoms with Crippen molar-refractivity contribution in [3.05, 3.63) is 71.3 Å². The molecule has 7 nitrogen and oxygen atoms in total. The number of hydrogen-bond acceptors (Lipinski definition) is 7. The van der Waals surface area contributed by atoms with Crippen LogP contribution in [-0.4, -0.2) is 57.5 Å². The van der Waals surface area contributed by atoms with Crippen LogP contribution in [0.1, 0.15) is 31.7 Å². The molecule has 2 aromatic carbocycles. The van der Waals surface area contributed by atoms with Gasteiger partial charge in [-0.25, -0.2) is 13.1 Å². The van der Waals surface area contributed by atoms with Crippen LogP contribution in [0.5, 0.6) is 5.75 Å². The van der Waals surface area contributed by atoms with Crippen LogP contribution in [0, 0.1) is 0 Å². The van der Waals surface area contributed by atoms with E-state index in [1.165, 1.54) is 16.7 Å². The van der Waals surface area contributed by atoms with Gasteiger partial charge in [-0.1, -0.05) is 55.5 Å². The number of benzene rings is 2. The monoisotopic (exact) mass is 553 g/mol. The number of rotatable bonds is 8. The molecule has 1 aromatic heterocycles. The minimum atomic E-state index is -3.14. The molecule has 0 saturated carbocycles. The lowest BCUT2D eigenvalue weighted by Crippen LogP contribution is -2.39. The van der Waals surface area contributed by atoms with Gasteiger partial charge in [0.2, 0.25) is 0 Å². The zero-order valence-corrected chi connectivity index (χ0v) is 22.8. The maximum atomic E-state index is 13.3. The number of amides is 1. The van der Waals surface area contributed by atoms with Crippen molar-refractivity contribution in [2.75, 3.05) is 18.1 Å². The van der Waals surface area contributed by atoms with Crippen molar-refractivity contribution in [3.8, 4) is 22.7 Å². The zero-order valence-electron chi connectivity index (χ0n) is 20.4. The number of sulfone groups is 1. The Morgan fingerprint density at radius 3 is 2.59 bits per heavy atom. The highest BCUT2D eigenvalue weighted by molar-refractivity contribution is 8.26. The number of thiocarbonyl (C=S) groups is 1. The molecule has 1 atom stereocenters. The van der Waals surface area contributed by atoms with Crippen molar-refractivity contribution < 1.29 is 17.9 Å². The number of carbonyl (C=O) groups is 1. The van der Waals surface area contributed by atoms with Crippen LogP contribution in [0.4, 0.5) is 0 Å². The van der Waals surface area contributed by atoms with Crippen LogP contribution in [-0.2, 0) is 14.6 Å². The molecule has 37 heavy (non-hydrogen) atoms. The second-order valence-corrected chi connectivity index (χ2v) is 13.0. The van der Waals surface area contributed by atoms with E-state index in [0.29, 0.717) is 22.3 Å². The van der Waals surface area contributed by atoms with Gasteiger partial charge in [-0.3, -0.25) is 9.69 Å². The summed E-state index contributed by atoms with van der Waals surface area (Å²) >= 11 is 6.69. The Morgan fingerprint density at radius 2 is 1.92 bits per heavy atom. The summed E-state index contributed by atoms with van der Waals surface area (Å²) in [6.45, 7) is 2.80. The van der Waals surface area contributed by atoms with Gasteiger partial charge in [0.15, 0.2) is 9.84 Å². The second-order valence-electron chi connectivity index (χ2n) is 9.05. The number of aromatic nitrogens is 2. The van der Waals surface area contributed by atoms with Gasteiger partial charge < -0.3 is 4.74 Å². The molecular formula is C27H27N3O4S3. The summed E-state index contributed by atoms with van der Waals surface area (Å²) in [4.78, 5) is 15.3. The van der Waals surface area contributed by atoms with Crippen LogP contribution >= 0.6 is 24.0 Å². The largest absolute Gasteiger partial charge is 0.494 e. The Bertz CT molecular complexity index is 1450. The van der Waals surface area contributed by atoms with E-state index in [-0.39, 0.29) is 17.4 Å². The van der Waals surface area contributed by atoms with Crippen molar-refractivity contribution in [1.82, 2.24) is 14.7 Å². The molecule has 2 fully saturated rings. The first-order valence-electron chi connectivity index (χ1n) is 12.2. The van der Waals surface area contributed by atoms with E-state index in [1.807, 2.05) is 60.8 Å². The van der Waals surface area contributed by atoms with Gasteiger partial charge in [0, 0.05) is 17.3 Å². The third-order valence-electron chi connectivity index (χ3n) is 6.34. The zero-order chi connectivity index (χ0) is 26.0. The Hall–Kier alpha value is -2.95. The smallest absolute Gasteiger partial charge is 0.266 e. The van der Waals surface area contributed by atoms with E-state index in [1.54, 1.807) is 10.8 Å².